The Morgan fingerprint density at radius 3 is 1.87 bits per heavy atom. The fourth-order valence-electron chi connectivity index (χ4n) is 2.60. The predicted octanol–water partition coefficient (Wildman–Crippen LogP) is 3.46. The van der Waals surface area contributed by atoms with Gasteiger partial charge in [-0.15, -0.1) is 0 Å². The van der Waals surface area contributed by atoms with E-state index in [4.69, 9.17) is 0 Å². The molecule has 0 heterocycles. The Kier molecular flexibility index (Phi) is 5.52. The summed E-state index contributed by atoms with van der Waals surface area (Å²) in [6, 6.07) is 18.6. The highest BCUT2D eigenvalue weighted by Gasteiger charge is 2.28. The molecular formula is C19H21NO3. The smallest absolute Gasteiger partial charge is 0.323 e. The molecule has 4 nitrogen and oxygen atoms in total. The van der Waals surface area contributed by atoms with Crippen molar-refractivity contribution in [1.29, 1.82) is 0 Å². The topological polar surface area (TPSA) is 57.6 Å². The van der Waals surface area contributed by atoms with Crippen LogP contribution < -0.4 is 0 Å². The number of hydrogen-bond acceptors (Lipinski definition) is 2. The molecule has 120 valence electrons. The maximum atomic E-state index is 12.9. The lowest BCUT2D eigenvalue weighted by Gasteiger charge is -2.30. The third kappa shape index (κ3) is 4.19. The van der Waals surface area contributed by atoms with Gasteiger partial charge in [-0.25, -0.2) is 0 Å². The van der Waals surface area contributed by atoms with Crippen LogP contribution in [0.2, 0.25) is 0 Å². The van der Waals surface area contributed by atoms with Crippen molar-refractivity contribution in [3.63, 3.8) is 0 Å². The minimum Gasteiger partial charge on any atom is -0.480 e. The van der Waals surface area contributed by atoms with E-state index in [2.05, 4.69) is 0 Å². The van der Waals surface area contributed by atoms with E-state index in [1.54, 1.807) is 0 Å². The van der Waals surface area contributed by atoms with Crippen molar-refractivity contribution in [3.8, 4) is 0 Å². The van der Waals surface area contributed by atoms with Gasteiger partial charge in [0, 0.05) is 0 Å². The summed E-state index contributed by atoms with van der Waals surface area (Å²) in [5, 5.41) is 9.19. The summed E-state index contributed by atoms with van der Waals surface area (Å²) in [7, 11) is 0. The summed E-state index contributed by atoms with van der Waals surface area (Å²) >= 11 is 0. The number of benzene rings is 2. The first-order chi connectivity index (χ1) is 11.0. The van der Waals surface area contributed by atoms with Crippen LogP contribution in [0.25, 0.3) is 0 Å². The van der Waals surface area contributed by atoms with Gasteiger partial charge in [0.1, 0.15) is 6.54 Å². The number of carbonyl (C=O) groups is 2. The first-order valence-corrected chi connectivity index (χ1v) is 7.63. The first-order valence-electron chi connectivity index (χ1n) is 7.63. The average molecular weight is 311 g/mol. The molecule has 2 atom stereocenters. The molecule has 2 aromatic rings. The molecule has 4 heteroatoms. The van der Waals surface area contributed by atoms with Crippen molar-refractivity contribution in [3.05, 3.63) is 71.8 Å². The van der Waals surface area contributed by atoms with E-state index in [9.17, 15) is 14.7 Å². The molecule has 1 N–H and O–H groups in total. The molecule has 0 aliphatic carbocycles. The number of carboxylic acids is 1. The number of nitrogens with zero attached hydrogens (tertiary/aromatic N) is 1. The van der Waals surface area contributed by atoms with Crippen LogP contribution in [0.5, 0.6) is 0 Å². The molecule has 0 aliphatic rings. The standard InChI is InChI=1S/C19H21NO3/c1-14(16-9-5-3-6-10-16)19(23)20(13-18(21)22)15(2)17-11-7-4-8-12-17/h3-12,14-15H,13H2,1-2H3,(H,21,22). The Morgan fingerprint density at radius 1 is 0.913 bits per heavy atom. The van der Waals surface area contributed by atoms with Gasteiger partial charge in [0.05, 0.1) is 12.0 Å². The van der Waals surface area contributed by atoms with E-state index < -0.39 is 5.97 Å². The van der Waals surface area contributed by atoms with Crippen molar-refractivity contribution < 1.29 is 14.7 Å². The Balaban J connectivity index is 2.27. The lowest BCUT2D eigenvalue weighted by Crippen LogP contribution is -2.40. The number of carbonyl (C=O) groups excluding carboxylic acids is 1. The van der Waals surface area contributed by atoms with Crippen LogP contribution in [-0.2, 0) is 9.59 Å². The largest absolute Gasteiger partial charge is 0.480 e. The van der Waals surface area contributed by atoms with Crippen LogP contribution in [0.15, 0.2) is 60.7 Å². The van der Waals surface area contributed by atoms with Gasteiger partial charge in [-0.2, -0.15) is 0 Å². The molecule has 0 aromatic heterocycles. The first kappa shape index (κ1) is 16.7. The zero-order chi connectivity index (χ0) is 16.8. The average Bonchev–Trinajstić information content (AvgIpc) is 2.59. The van der Waals surface area contributed by atoms with E-state index in [-0.39, 0.29) is 24.4 Å². The van der Waals surface area contributed by atoms with Gasteiger partial charge in [-0.1, -0.05) is 60.7 Å². The second-order valence-electron chi connectivity index (χ2n) is 5.58. The summed E-state index contributed by atoms with van der Waals surface area (Å²) in [4.78, 5) is 25.5. The molecule has 0 saturated heterocycles. The molecule has 2 rings (SSSR count). The Hall–Kier alpha value is -2.62. The molecule has 1 amide bonds. The molecule has 2 unspecified atom stereocenters. The zero-order valence-electron chi connectivity index (χ0n) is 13.3. The van der Waals surface area contributed by atoms with Crippen molar-refractivity contribution >= 4 is 11.9 Å². The number of hydrogen-bond donors (Lipinski definition) is 1. The van der Waals surface area contributed by atoms with Gasteiger partial charge in [0.2, 0.25) is 5.91 Å². The van der Waals surface area contributed by atoms with E-state index in [0.29, 0.717) is 0 Å². The zero-order valence-corrected chi connectivity index (χ0v) is 13.3. The lowest BCUT2D eigenvalue weighted by molar-refractivity contribution is -0.146. The lowest BCUT2D eigenvalue weighted by atomic mass is 9.98. The minimum absolute atomic E-state index is 0.185. The van der Waals surface area contributed by atoms with Crippen LogP contribution in [-0.4, -0.2) is 28.4 Å². The molecule has 0 spiro atoms. The van der Waals surface area contributed by atoms with Crippen LogP contribution >= 0.6 is 0 Å². The predicted molar refractivity (Wildman–Crippen MR) is 89.1 cm³/mol. The second kappa shape index (κ2) is 7.58. The van der Waals surface area contributed by atoms with Gasteiger partial charge in [-0.05, 0) is 25.0 Å². The minimum atomic E-state index is -1.01. The molecule has 2 aromatic carbocycles. The quantitative estimate of drug-likeness (QED) is 0.888. The van der Waals surface area contributed by atoms with Crippen LogP contribution in [0.4, 0.5) is 0 Å². The second-order valence-corrected chi connectivity index (χ2v) is 5.58. The van der Waals surface area contributed by atoms with E-state index >= 15 is 0 Å². The highest BCUT2D eigenvalue weighted by molar-refractivity contribution is 5.86. The summed E-state index contributed by atoms with van der Waals surface area (Å²) in [6.45, 7) is 3.35. The SMILES string of the molecule is CC(C(=O)N(CC(=O)O)C(C)c1ccccc1)c1ccccc1. The van der Waals surface area contributed by atoms with E-state index in [0.717, 1.165) is 11.1 Å². The fourth-order valence-corrected chi connectivity index (χ4v) is 2.60. The van der Waals surface area contributed by atoms with Crippen molar-refractivity contribution in [2.45, 2.75) is 25.8 Å². The van der Waals surface area contributed by atoms with E-state index in [1.165, 1.54) is 4.90 Å². The summed E-state index contributed by atoms with van der Waals surface area (Å²) < 4.78 is 0. The molecule has 0 bridgehead atoms. The van der Waals surface area contributed by atoms with Crippen LogP contribution in [0, 0.1) is 0 Å². The van der Waals surface area contributed by atoms with Crippen LogP contribution in [0.3, 0.4) is 0 Å². The number of rotatable bonds is 6. The maximum Gasteiger partial charge on any atom is 0.323 e. The third-order valence-corrected chi connectivity index (χ3v) is 4.01. The van der Waals surface area contributed by atoms with Gasteiger partial charge in [0.15, 0.2) is 0 Å². The Morgan fingerprint density at radius 2 is 1.39 bits per heavy atom. The normalized spacial score (nSPS) is 13.1. The summed E-state index contributed by atoms with van der Waals surface area (Å²) in [5.41, 5.74) is 1.80. The molecule has 0 radical (unpaired) electrons. The van der Waals surface area contributed by atoms with Crippen molar-refractivity contribution in [1.82, 2.24) is 4.90 Å². The van der Waals surface area contributed by atoms with Gasteiger partial charge < -0.3 is 10.0 Å². The van der Waals surface area contributed by atoms with Crippen LogP contribution in [0.1, 0.15) is 36.9 Å². The maximum absolute atomic E-state index is 12.9. The highest BCUT2D eigenvalue weighted by Crippen LogP contribution is 2.25. The summed E-state index contributed by atoms with van der Waals surface area (Å²) in [5.74, 6) is -1.59. The highest BCUT2D eigenvalue weighted by atomic mass is 16.4. The Bertz CT molecular complexity index is 655. The van der Waals surface area contributed by atoms with E-state index in [1.807, 2.05) is 74.5 Å². The molecule has 0 aliphatic heterocycles. The number of amides is 1. The molecule has 0 saturated carbocycles. The molecule has 0 fully saturated rings. The van der Waals surface area contributed by atoms with Gasteiger partial charge in [-0.3, -0.25) is 9.59 Å². The summed E-state index contributed by atoms with van der Waals surface area (Å²) in [6.07, 6.45) is 0. The number of aliphatic carboxylic acids is 1. The third-order valence-electron chi connectivity index (χ3n) is 4.01. The van der Waals surface area contributed by atoms with Gasteiger partial charge in [0.25, 0.3) is 0 Å². The van der Waals surface area contributed by atoms with Crippen molar-refractivity contribution in [2.24, 2.45) is 0 Å². The fraction of sp³-hybridized carbons (Fsp3) is 0.263. The Labute approximate surface area is 136 Å². The van der Waals surface area contributed by atoms with Gasteiger partial charge >= 0.3 is 5.97 Å². The monoisotopic (exact) mass is 311 g/mol. The molecule has 23 heavy (non-hydrogen) atoms. The molecular weight excluding hydrogens is 290 g/mol. The van der Waals surface area contributed by atoms with Crippen molar-refractivity contribution in [2.75, 3.05) is 6.54 Å². The number of carboxylic acid groups (broad SMARTS) is 1.